The second-order valence-electron chi connectivity index (χ2n) is 6.17. The van der Waals surface area contributed by atoms with Crippen molar-refractivity contribution in [3.05, 3.63) is 47.3 Å². The fourth-order valence-corrected chi connectivity index (χ4v) is 2.71. The van der Waals surface area contributed by atoms with Crippen LogP contribution >= 0.6 is 0 Å². The van der Waals surface area contributed by atoms with Crippen molar-refractivity contribution < 1.29 is 9.59 Å². The van der Waals surface area contributed by atoms with Crippen LogP contribution < -0.4 is 5.32 Å². The van der Waals surface area contributed by atoms with Crippen LogP contribution in [-0.2, 0) is 4.79 Å². The van der Waals surface area contributed by atoms with E-state index >= 15 is 0 Å². The molecule has 1 aliphatic rings. The first-order chi connectivity index (χ1) is 12.1. The van der Waals surface area contributed by atoms with E-state index in [-0.39, 0.29) is 5.91 Å². The molecule has 1 aromatic heterocycles. The lowest BCUT2D eigenvalue weighted by atomic mass is 10.1. The molecule has 7 heteroatoms. The summed E-state index contributed by atoms with van der Waals surface area (Å²) in [6, 6.07) is 6.12. The predicted molar refractivity (Wildman–Crippen MR) is 94.8 cm³/mol. The summed E-state index contributed by atoms with van der Waals surface area (Å²) in [5.41, 5.74) is 3.65. The number of hydrogen-bond acceptors (Lipinski definition) is 5. The quantitative estimate of drug-likeness (QED) is 0.859. The maximum Gasteiger partial charge on any atom is 0.257 e. The molecule has 1 saturated heterocycles. The second kappa shape index (κ2) is 7.29. The Morgan fingerprint density at radius 2 is 1.80 bits per heavy atom. The van der Waals surface area contributed by atoms with Gasteiger partial charge >= 0.3 is 0 Å². The minimum absolute atomic E-state index is 0.108. The summed E-state index contributed by atoms with van der Waals surface area (Å²) in [6.45, 7) is 6.21. The SMILES string of the molecule is Cc1ccc(C)c(Nc2ncc(C(=O)N3CCN(C=O)CC3)cn2)c1. The molecule has 2 aromatic rings. The molecule has 0 atom stereocenters. The minimum Gasteiger partial charge on any atom is -0.342 e. The molecule has 7 nitrogen and oxygen atoms in total. The molecule has 0 spiro atoms. The van der Waals surface area contributed by atoms with Gasteiger partial charge in [-0.2, -0.15) is 0 Å². The summed E-state index contributed by atoms with van der Waals surface area (Å²) in [4.78, 5) is 35.1. The molecule has 1 aromatic carbocycles. The van der Waals surface area contributed by atoms with Crippen LogP contribution in [0.2, 0.25) is 0 Å². The van der Waals surface area contributed by atoms with Crippen molar-refractivity contribution in [1.82, 2.24) is 19.8 Å². The molecular weight excluding hydrogens is 318 g/mol. The highest BCUT2D eigenvalue weighted by atomic mass is 16.2. The first kappa shape index (κ1) is 16.9. The normalized spacial score (nSPS) is 14.3. The number of piperazine rings is 1. The van der Waals surface area contributed by atoms with Crippen molar-refractivity contribution in [3.8, 4) is 0 Å². The Bertz CT molecular complexity index is 768. The second-order valence-corrected chi connectivity index (χ2v) is 6.17. The van der Waals surface area contributed by atoms with Crippen LogP contribution in [0.4, 0.5) is 11.6 Å². The third-order valence-corrected chi connectivity index (χ3v) is 4.29. The lowest BCUT2D eigenvalue weighted by molar-refractivity contribution is -0.119. The first-order valence-corrected chi connectivity index (χ1v) is 8.22. The summed E-state index contributed by atoms with van der Waals surface area (Å²) in [5.74, 6) is 0.347. The summed E-state index contributed by atoms with van der Waals surface area (Å²) in [6.07, 6.45) is 3.89. The van der Waals surface area contributed by atoms with Crippen LogP contribution in [-0.4, -0.2) is 58.3 Å². The van der Waals surface area contributed by atoms with Gasteiger partial charge in [0.15, 0.2) is 0 Å². The van der Waals surface area contributed by atoms with E-state index in [4.69, 9.17) is 0 Å². The Hall–Kier alpha value is -2.96. The fourth-order valence-electron chi connectivity index (χ4n) is 2.71. The number of amides is 2. The van der Waals surface area contributed by atoms with Crippen molar-refractivity contribution in [2.45, 2.75) is 13.8 Å². The van der Waals surface area contributed by atoms with Gasteiger partial charge in [-0.1, -0.05) is 12.1 Å². The number of nitrogens with zero attached hydrogens (tertiary/aromatic N) is 4. The fraction of sp³-hybridized carbons (Fsp3) is 0.333. The Morgan fingerprint density at radius 1 is 1.12 bits per heavy atom. The Morgan fingerprint density at radius 3 is 2.44 bits per heavy atom. The van der Waals surface area contributed by atoms with Crippen molar-refractivity contribution in [2.24, 2.45) is 0 Å². The van der Waals surface area contributed by atoms with Gasteiger partial charge in [0.2, 0.25) is 12.4 Å². The van der Waals surface area contributed by atoms with Crippen molar-refractivity contribution in [1.29, 1.82) is 0 Å². The molecule has 0 saturated carbocycles. The molecule has 130 valence electrons. The number of nitrogens with one attached hydrogen (secondary N) is 1. The van der Waals surface area contributed by atoms with Crippen molar-refractivity contribution in [2.75, 3.05) is 31.5 Å². The zero-order valence-corrected chi connectivity index (χ0v) is 14.4. The van der Waals surface area contributed by atoms with Crippen molar-refractivity contribution >= 4 is 24.0 Å². The summed E-state index contributed by atoms with van der Waals surface area (Å²) >= 11 is 0. The molecule has 1 aliphatic heterocycles. The van der Waals surface area contributed by atoms with Crippen LogP contribution in [0.5, 0.6) is 0 Å². The van der Waals surface area contributed by atoms with E-state index in [1.807, 2.05) is 32.0 Å². The Labute approximate surface area is 146 Å². The summed E-state index contributed by atoms with van der Waals surface area (Å²) in [5, 5.41) is 3.18. The highest BCUT2D eigenvalue weighted by molar-refractivity contribution is 5.93. The average molecular weight is 339 g/mol. The maximum atomic E-state index is 12.5. The molecule has 0 radical (unpaired) electrons. The van der Waals surface area contributed by atoms with E-state index in [1.54, 1.807) is 9.80 Å². The van der Waals surface area contributed by atoms with Crippen LogP contribution in [0.15, 0.2) is 30.6 Å². The van der Waals surface area contributed by atoms with Gasteiger partial charge in [0.05, 0.1) is 5.56 Å². The van der Waals surface area contributed by atoms with Gasteiger partial charge in [0, 0.05) is 44.3 Å². The number of anilines is 2. The number of carbonyl (C=O) groups is 2. The zero-order chi connectivity index (χ0) is 17.8. The van der Waals surface area contributed by atoms with Gasteiger partial charge in [-0.25, -0.2) is 9.97 Å². The molecule has 3 rings (SSSR count). The molecule has 0 aliphatic carbocycles. The van der Waals surface area contributed by atoms with E-state index in [2.05, 4.69) is 15.3 Å². The summed E-state index contributed by atoms with van der Waals surface area (Å²) < 4.78 is 0. The molecule has 2 heterocycles. The number of carbonyl (C=O) groups excluding carboxylic acids is 2. The van der Waals surface area contributed by atoms with Crippen LogP contribution in [0.25, 0.3) is 0 Å². The monoisotopic (exact) mass is 339 g/mol. The highest BCUT2D eigenvalue weighted by Crippen LogP contribution is 2.19. The third kappa shape index (κ3) is 3.93. The average Bonchev–Trinajstić information content (AvgIpc) is 2.65. The molecule has 1 fully saturated rings. The Balaban J connectivity index is 1.67. The molecular formula is C18H21N5O2. The van der Waals surface area contributed by atoms with E-state index in [1.165, 1.54) is 12.4 Å². The predicted octanol–water partition coefficient (Wildman–Crippen LogP) is 1.75. The van der Waals surface area contributed by atoms with Gasteiger partial charge in [0.1, 0.15) is 0 Å². The molecule has 25 heavy (non-hydrogen) atoms. The van der Waals surface area contributed by atoms with E-state index in [0.717, 1.165) is 23.2 Å². The molecule has 0 bridgehead atoms. The largest absolute Gasteiger partial charge is 0.342 e. The minimum atomic E-state index is -0.108. The zero-order valence-electron chi connectivity index (χ0n) is 14.4. The number of aromatic nitrogens is 2. The number of rotatable bonds is 4. The number of benzene rings is 1. The lowest BCUT2D eigenvalue weighted by Gasteiger charge is -2.32. The third-order valence-electron chi connectivity index (χ3n) is 4.29. The van der Waals surface area contributed by atoms with Gasteiger partial charge in [0.25, 0.3) is 5.91 Å². The van der Waals surface area contributed by atoms with E-state index in [0.29, 0.717) is 37.7 Å². The van der Waals surface area contributed by atoms with Gasteiger partial charge in [-0.3, -0.25) is 9.59 Å². The molecule has 1 N–H and O–H groups in total. The van der Waals surface area contributed by atoms with E-state index < -0.39 is 0 Å². The number of aryl methyl sites for hydroxylation is 2. The van der Waals surface area contributed by atoms with E-state index in [9.17, 15) is 9.59 Å². The van der Waals surface area contributed by atoms with Crippen LogP contribution in [0.1, 0.15) is 21.5 Å². The van der Waals surface area contributed by atoms with Gasteiger partial charge in [-0.15, -0.1) is 0 Å². The van der Waals surface area contributed by atoms with Crippen molar-refractivity contribution in [3.63, 3.8) is 0 Å². The summed E-state index contributed by atoms with van der Waals surface area (Å²) in [7, 11) is 0. The van der Waals surface area contributed by atoms with Gasteiger partial charge < -0.3 is 15.1 Å². The molecule has 2 amide bonds. The highest BCUT2D eigenvalue weighted by Gasteiger charge is 2.21. The smallest absolute Gasteiger partial charge is 0.257 e. The Kier molecular flexibility index (Phi) is 4.92. The lowest BCUT2D eigenvalue weighted by Crippen LogP contribution is -2.48. The topological polar surface area (TPSA) is 78.4 Å². The van der Waals surface area contributed by atoms with Crippen LogP contribution in [0, 0.1) is 13.8 Å². The first-order valence-electron chi connectivity index (χ1n) is 8.22. The standard InChI is InChI=1S/C18H21N5O2/c1-13-3-4-14(2)16(9-13)21-18-19-10-15(11-20-18)17(25)23-7-5-22(12-24)6-8-23/h3-4,9-12H,5-8H2,1-2H3,(H,19,20,21). The maximum absolute atomic E-state index is 12.5. The molecule has 0 unspecified atom stereocenters. The number of hydrogen-bond donors (Lipinski definition) is 1. The van der Waals surface area contributed by atoms with Gasteiger partial charge in [-0.05, 0) is 31.0 Å². The van der Waals surface area contributed by atoms with Crippen LogP contribution in [0.3, 0.4) is 0 Å².